The molecule has 2 aromatic carbocycles. The number of unbranched alkanes of at least 4 members (excludes halogenated alkanes) is 1. The van der Waals surface area contributed by atoms with Gasteiger partial charge in [-0.15, -0.1) is 0 Å². The highest BCUT2D eigenvalue weighted by Crippen LogP contribution is 2.30. The Morgan fingerprint density at radius 1 is 1.19 bits per heavy atom. The molecule has 3 nitrogen and oxygen atoms in total. The van der Waals surface area contributed by atoms with Crippen LogP contribution in [0.15, 0.2) is 43.0 Å². The van der Waals surface area contributed by atoms with Crippen LogP contribution in [0.1, 0.15) is 58.9 Å². The van der Waals surface area contributed by atoms with Crippen molar-refractivity contribution in [1.82, 2.24) is 4.98 Å². The molecule has 3 aromatic rings. The zero-order valence-electron chi connectivity index (χ0n) is 15.7. The highest BCUT2D eigenvalue weighted by Gasteiger charge is 2.14. The Hall–Kier alpha value is -2.52. The van der Waals surface area contributed by atoms with Gasteiger partial charge in [0.2, 0.25) is 0 Å². The summed E-state index contributed by atoms with van der Waals surface area (Å²) in [7, 11) is 0. The summed E-state index contributed by atoms with van der Waals surface area (Å²) in [5.74, 6) is -0.922. The quantitative estimate of drug-likeness (QED) is 0.483. The van der Waals surface area contributed by atoms with Crippen molar-refractivity contribution < 1.29 is 9.90 Å². The molecule has 4 heteroatoms. The summed E-state index contributed by atoms with van der Waals surface area (Å²) < 4.78 is 0. The average molecular weight is 382 g/mol. The Morgan fingerprint density at radius 2 is 1.93 bits per heavy atom. The van der Waals surface area contributed by atoms with Crippen molar-refractivity contribution in [2.75, 3.05) is 0 Å². The van der Waals surface area contributed by atoms with Crippen LogP contribution in [0, 0.1) is 6.92 Å². The van der Waals surface area contributed by atoms with E-state index in [-0.39, 0.29) is 5.56 Å². The van der Waals surface area contributed by atoms with Gasteiger partial charge < -0.3 is 10.1 Å². The molecule has 3 rings (SSSR count). The van der Waals surface area contributed by atoms with Crippen LogP contribution in [0.4, 0.5) is 0 Å². The molecule has 0 unspecified atom stereocenters. The van der Waals surface area contributed by atoms with Crippen LogP contribution in [-0.2, 0) is 6.42 Å². The van der Waals surface area contributed by atoms with Crippen LogP contribution in [-0.4, -0.2) is 16.1 Å². The third-order valence-electron chi connectivity index (χ3n) is 5.03. The first-order valence-corrected chi connectivity index (χ1v) is 9.59. The smallest absolute Gasteiger partial charge is 0.335 e. The number of benzene rings is 2. The van der Waals surface area contributed by atoms with E-state index in [1.165, 1.54) is 0 Å². The molecule has 0 aliphatic carbocycles. The molecule has 0 aliphatic rings. The number of carbonyl (C=O) groups is 1. The molecule has 0 saturated carbocycles. The maximum Gasteiger partial charge on any atom is 0.335 e. The van der Waals surface area contributed by atoms with Gasteiger partial charge in [-0.05, 0) is 66.3 Å². The SMILES string of the molecule is C=C(CCCC)c1ccc(Cc2c(C)[nH]c3ccc(C(=O)O)cc23)c(Cl)c1. The van der Waals surface area contributed by atoms with E-state index < -0.39 is 5.97 Å². The number of hydrogen-bond acceptors (Lipinski definition) is 1. The van der Waals surface area contributed by atoms with Gasteiger partial charge in [-0.2, -0.15) is 0 Å². The Labute approximate surface area is 164 Å². The number of rotatable bonds is 7. The molecule has 0 spiro atoms. The monoisotopic (exact) mass is 381 g/mol. The second-order valence-electron chi connectivity index (χ2n) is 6.98. The van der Waals surface area contributed by atoms with E-state index in [2.05, 4.69) is 24.6 Å². The minimum absolute atomic E-state index is 0.288. The van der Waals surface area contributed by atoms with E-state index >= 15 is 0 Å². The van der Waals surface area contributed by atoms with E-state index in [1.807, 2.05) is 25.1 Å². The highest BCUT2D eigenvalue weighted by molar-refractivity contribution is 6.31. The number of allylic oxidation sites excluding steroid dienone is 1. The van der Waals surface area contributed by atoms with Crippen molar-refractivity contribution >= 4 is 34.0 Å². The predicted octanol–water partition coefficient (Wildman–Crippen LogP) is 6.62. The fourth-order valence-corrected chi connectivity index (χ4v) is 3.63. The number of H-pyrrole nitrogens is 1. The molecule has 0 bridgehead atoms. The van der Waals surface area contributed by atoms with Gasteiger partial charge in [0.25, 0.3) is 0 Å². The molecule has 0 saturated heterocycles. The normalized spacial score (nSPS) is 11.1. The number of aryl methyl sites for hydroxylation is 1. The van der Waals surface area contributed by atoms with Crippen LogP contribution in [0.2, 0.25) is 5.02 Å². The van der Waals surface area contributed by atoms with E-state index in [0.29, 0.717) is 11.4 Å². The molecule has 1 heterocycles. The van der Waals surface area contributed by atoms with Gasteiger partial charge in [-0.3, -0.25) is 0 Å². The fraction of sp³-hybridized carbons (Fsp3) is 0.261. The van der Waals surface area contributed by atoms with Crippen LogP contribution in [0.3, 0.4) is 0 Å². The third kappa shape index (κ3) is 4.09. The number of carboxylic acid groups (broad SMARTS) is 1. The lowest BCUT2D eigenvalue weighted by molar-refractivity contribution is 0.0697. The molecule has 140 valence electrons. The third-order valence-corrected chi connectivity index (χ3v) is 5.38. The van der Waals surface area contributed by atoms with Gasteiger partial charge in [0.15, 0.2) is 0 Å². The number of aromatic nitrogens is 1. The van der Waals surface area contributed by atoms with Crippen LogP contribution < -0.4 is 0 Å². The Balaban J connectivity index is 1.93. The van der Waals surface area contributed by atoms with Crippen molar-refractivity contribution in [2.24, 2.45) is 0 Å². The topological polar surface area (TPSA) is 53.1 Å². The van der Waals surface area contributed by atoms with Crippen molar-refractivity contribution in [3.05, 3.63) is 75.9 Å². The standard InChI is InChI=1S/C23H24ClNO2/c1-4-5-6-14(2)16-7-8-17(21(24)13-16)11-19-15(3)25-22-10-9-18(23(26)27)12-20(19)22/h7-10,12-13,25H,2,4-6,11H2,1,3H3,(H,26,27). The minimum atomic E-state index is -0.922. The van der Waals surface area contributed by atoms with Gasteiger partial charge in [0.05, 0.1) is 5.56 Å². The number of nitrogens with one attached hydrogen (secondary N) is 1. The van der Waals surface area contributed by atoms with Gasteiger partial charge in [-0.25, -0.2) is 4.79 Å². The molecule has 0 amide bonds. The molecule has 0 atom stereocenters. The highest BCUT2D eigenvalue weighted by atomic mass is 35.5. The van der Waals surface area contributed by atoms with E-state index in [9.17, 15) is 9.90 Å². The van der Waals surface area contributed by atoms with Crippen LogP contribution in [0.5, 0.6) is 0 Å². The van der Waals surface area contributed by atoms with Crippen molar-refractivity contribution in [3.8, 4) is 0 Å². The van der Waals surface area contributed by atoms with E-state index in [1.54, 1.807) is 12.1 Å². The molecule has 2 N–H and O–H groups in total. The Bertz CT molecular complexity index is 1020. The average Bonchev–Trinajstić information content (AvgIpc) is 2.95. The molecule has 0 aliphatic heterocycles. The zero-order chi connectivity index (χ0) is 19.6. The molecular formula is C23H24ClNO2. The second kappa shape index (κ2) is 8.01. The molecule has 1 aromatic heterocycles. The summed E-state index contributed by atoms with van der Waals surface area (Å²) in [6.07, 6.45) is 3.89. The van der Waals surface area contributed by atoms with E-state index in [4.69, 9.17) is 11.6 Å². The summed E-state index contributed by atoms with van der Waals surface area (Å²) >= 11 is 6.56. The van der Waals surface area contributed by atoms with Crippen LogP contribution >= 0.6 is 11.6 Å². The molecule has 27 heavy (non-hydrogen) atoms. The maximum absolute atomic E-state index is 11.3. The minimum Gasteiger partial charge on any atom is -0.478 e. The van der Waals surface area contributed by atoms with Crippen molar-refractivity contribution in [3.63, 3.8) is 0 Å². The van der Waals surface area contributed by atoms with Gasteiger partial charge >= 0.3 is 5.97 Å². The zero-order valence-corrected chi connectivity index (χ0v) is 16.5. The number of halogens is 1. The molecule has 0 radical (unpaired) electrons. The second-order valence-corrected chi connectivity index (χ2v) is 7.39. The summed E-state index contributed by atoms with van der Waals surface area (Å²) in [4.78, 5) is 14.6. The fourth-order valence-electron chi connectivity index (χ4n) is 3.38. The number of hydrogen-bond donors (Lipinski definition) is 2. The number of fused-ring (bicyclic) bond motifs is 1. The first-order valence-electron chi connectivity index (χ1n) is 9.21. The summed E-state index contributed by atoms with van der Waals surface area (Å²) in [6, 6.07) is 11.3. The first-order chi connectivity index (χ1) is 12.9. The van der Waals surface area contributed by atoms with E-state index in [0.717, 1.165) is 58.1 Å². The lowest BCUT2D eigenvalue weighted by Crippen LogP contribution is -1.96. The lowest BCUT2D eigenvalue weighted by Gasteiger charge is -2.10. The van der Waals surface area contributed by atoms with Gasteiger partial charge in [-0.1, -0.05) is 43.7 Å². The largest absolute Gasteiger partial charge is 0.478 e. The molecule has 0 fully saturated rings. The number of carboxylic acids is 1. The first kappa shape index (κ1) is 19.2. The van der Waals surface area contributed by atoms with Gasteiger partial charge in [0.1, 0.15) is 0 Å². The summed E-state index contributed by atoms with van der Waals surface area (Å²) in [5.41, 5.74) is 6.55. The summed E-state index contributed by atoms with van der Waals surface area (Å²) in [5, 5.41) is 10.9. The lowest BCUT2D eigenvalue weighted by atomic mass is 9.97. The Morgan fingerprint density at radius 3 is 2.59 bits per heavy atom. The molecular weight excluding hydrogens is 358 g/mol. The number of aromatic amines is 1. The van der Waals surface area contributed by atoms with Crippen LogP contribution in [0.25, 0.3) is 16.5 Å². The predicted molar refractivity (Wildman–Crippen MR) is 113 cm³/mol. The summed E-state index contributed by atoms with van der Waals surface area (Å²) in [6.45, 7) is 8.34. The Kier molecular flexibility index (Phi) is 5.71. The number of aromatic carboxylic acids is 1. The van der Waals surface area contributed by atoms with Gasteiger partial charge in [0, 0.05) is 28.0 Å². The van der Waals surface area contributed by atoms with Crippen molar-refractivity contribution in [1.29, 1.82) is 0 Å². The maximum atomic E-state index is 11.3. The van der Waals surface area contributed by atoms with Crippen molar-refractivity contribution in [2.45, 2.75) is 39.5 Å².